The average molecular weight is 1100 g/mol. The zero-order chi connectivity index (χ0) is 52.3. The quantitative estimate of drug-likeness (QED) is 0.0274. The Hall–Kier alpha value is -2.98. The fraction of sp³-hybridized carbons (Fsp3) is 0.740. The Bertz CT molecular complexity index is 1590. The van der Waals surface area contributed by atoms with Gasteiger partial charge in [0.1, 0.15) is 51.1 Å². The molecule has 1 aromatic rings. The van der Waals surface area contributed by atoms with E-state index in [4.69, 9.17) is 33.2 Å². The number of rotatable bonds is 46. The van der Waals surface area contributed by atoms with Gasteiger partial charge in [0.2, 0.25) is 11.8 Å². The molecule has 2 amide bonds. The third-order valence-electron chi connectivity index (χ3n) is 9.84. The van der Waals surface area contributed by atoms with Crippen molar-refractivity contribution in [3.63, 3.8) is 0 Å². The van der Waals surface area contributed by atoms with E-state index in [1.807, 2.05) is 0 Å². The van der Waals surface area contributed by atoms with E-state index in [1.165, 1.54) is 6.92 Å². The SMILES string of the molecule is CCCOCCCSCCNC(=O)C(CCCCNC(C)=O)CC(=O)c1cc(OCC(CSCCOC(=O)CC)SCCOC(=O)CC)cc(OCC(CSCCOC(=O)CC)SCCOC(=O)CC)c1. The van der Waals surface area contributed by atoms with Crippen molar-refractivity contribution in [2.75, 3.05) is 112 Å². The van der Waals surface area contributed by atoms with Crippen molar-refractivity contribution in [3.05, 3.63) is 23.8 Å². The van der Waals surface area contributed by atoms with Crippen LogP contribution in [0.25, 0.3) is 0 Å². The summed E-state index contributed by atoms with van der Waals surface area (Å²) in [4.78, 5) is 86.6. The Kier molecular flexibility index (Phi) is 41.4. The molecular weight excluding hydrogens is 1010 g/mol. The van der Waals surface area contributed by atoms with E-state index in [2.05, 4.69) is 17.6 Å². The summed E-state index contributed by atoms with van der Waals surface area (Å²) in [6.45, 7) is 14.4. The molecule has 2 N–H and O–H groups in total. The molecule has 71 heavy (non-hydrogen) atoms. The van der Waals surface area contributed by atoms with E-state index in [1.54, 1.807) is 105 Å². The minimum atomic E-state index is -0.617. The van der Waals surface area contributed by atoms with Gasteiger partial charge in [-0.3, -0.25) is 33.6 Å². The number of hydrogen-bond acceptors (Lipinski definition) is 19. The highest BCUT2D eigenvalue weighted by Gasteiger charge is 2.24. The maximum atomic E-state index is 14.4. The Morgan fingerprint density at radius 2 is 1.04 bits per heavy atom. The zero-order valence-electron chi connectivity index (χ0n) is 43.0. The van der Waals surface area contributed by atoms with Crippen LogP contribution < -0.4 is 20.1 Å². The second-order valence-electron chi connectivity index (χ2n) is 15.9. The number of amides is 2. The van der Waals surface area contributed by atoms with Crippen molar-refractivity contribution >= 4 is 100 Å². The standard InChI is InChI=1S/C50H82N2O14S5/c1-7-18-60-19-14-24-67-25-17-52-50(59)39(15-12-13-16-51-38(6)53)32-45(54)40-30-41(65-34-43(70-28-22-63-48(57)10-4)36-68-26-20-61-46(55)8-2)33-42(31-40)66-35-44(71-29-23-64-49(58)11-5)37-69-27-21-62-47(56)9-3/h30-31,33,39,43-44H,7-29,32,34-37H2,1-6H3,(H,51,53)(H,52,59). The number of Topliss-reactive ketones (excluding diaryl/α,β-unsaturated/α-hetero) is 1. The summed E-state index contributed by atoms with van der Waals surface area (Å²) >= 11 is 8.14. The van der Waals surface area contributed by atoms with Gasteiger partial charge in [-0.25, -0.2) is 0 Å². The van der Waals surface area contributed by atoms with E-state index in [9.17, 15) is 33.6 Å². The van der Waals surface area contributed by atoms with Crippen molar-refractivity contribution in [1.82, 2.24) is 10.6 Å². The molecule has 21 heteroatoms. The first kappa shape index (κ1) is 66.0. The summed E-state index contributed by atoms with van der Waals surface area (Å²) in [6.07, 6.45) is 4.75. The highest BCUT2D eigenvalue weighted by molar-refractivity contribution is 8.03. The van der Waals surface area contributed by atoms with Crippen molar-refractivity contribution in [1.29, 1.82) is 0 Å². The van der Waals surface area contributed by atoms with E-state index in [0.29, 0.717) is 103 Å². The molecule has 3 atom stereocenters. The molecule has 3 unspecified atom stereocenters. The Morgan fingerprint density at radius 3 is 1.52 bits per heavy atom. The minimum Gasteiger partial charge on any atom is -0.492 e. The number of benzene rings is 1. The minimum absolute atomic E-state index is 0.0564. The lowest BCUT2D eigenvalue weighted by molar-refractivity contribution is -0.143. The summed E-state index contributed by atoms with van der Waals surface area (Å²) in [5, 5.41) is 5.71. The smallest absolute Gasteiger partial charge is 0.305 e. The molecule has 0 spiro atoms. The van der Waals surface area contributed by atoms with Gasteiger partial charge in [-0.05, 0) is 43.6 Å². The first-order chi connectivity index (χ1) is 34.3. The summed E-state index contributed by atoms with van der Waals surface area (Å²) in [5.41, 5.74) is 0.319. The molecular formula is C50H82N2O14S5. The maximum absolute atomic E-state index is 14.4. The number of ketones is 1. The molecule has 1 aromatic carbocycles. The van der Waals surface area contributed by atoms with Crippen LogP contribution in [-0.4, -0.2) is 164 Å². The number of hydrogen-bond donors (Lipinski definition) is 2. The number of carbonyl (C=O) groups excluding carboxylic acids is 7. The lowest BCUT2D eigenvalue weighted by Crippen LogP contribution is -2.34. The van der Waals surface area contributed by atoms with Gasteiger partial charge < -0.3 is 43.8 Å². The molecule has 0 bridgehead atoms. The van der Waals surface area contributed by atoms with Crippen molar-refractivity contribution in [3.8, 4) is 11.5 Å². The van der Waals surface area contributed by atoms with Crippen LogP contribution in [0, 0.1) is 5.92 Å². The van der Waals surface area contributed by atoms with Crippen LogP contribution in [0.5, 0.6) is 11.5 Å². The number of thioether (sulfide) groups is 5. The van der Waals surface area contributed by atoms with Gasteiger partial charge in [-0.1, -0.05) is 41.0 Å². The topological polar surface area (TPSA) is 208 Å². The van der Waals surface area contributed by atoms with Crippen LogP contribution in [0.2, 0.25) is 0 Å². The Balaban J connectivity index is 3.42. The molecule has 1 rings (SSSR count). The lowest BCUT2D eigenvalue weighted by atomic mass is 9.92. The van der Waals surface area contributed by atoms with E-state index in [-0.39, 0.29) is 111 Å². The lowest BCUT2D eigenvalue weighted by Gasteiger charge is -2.20. The van der Waals surface area contributed by atoms with Gasteiger partial charge in [0.25, 0.3) is 0 Å². The molecule has 16 nitrogen and oxygen atoms in total. The third-order valence-corrected chi connectivity index (χ3v) is 15.9. The molecule has 0 saturated carbocycles. The fourth-order valence-electron chi connectivity index (χ4n) is 6.02. The third kappa shape index (κ3) is 36.6. The van der Waals surface area contributed by atoms with Crippen LogP contribution in [-0.2, 0) is 52.5 Å². The molecule has 0 aliphatic heterocycles. The maximum Gasteiger partial charge on any atom is 0.305 e. The monoisotopic (exact) mass is 1090 g/mol. The number of carbonyl (C=O) groups is 7. The Labute approximate surface area is 444 Å². The van der Waals surface area contributed by atoms with E-state index >= 15 is 0 Å². The van der Waals surface area contributed by atoms with Crippen molar-refractivity contribution in [2.45, 2.75) is 116 Å². The molecule has 0 aliphatic carbocycles. The van der Waals surface area contributed by atoms with Gasteiger partial charge in [-0.15, -0.1) is 0 Å². The first-order valence-electron chi connectivity index (χ1n) is 25.0. The molecule has 0 saturated heterocycles. The molecule has 0 radical (unpaired) electrons. The zero-order valence-corrected chi connectivity index (χ0v) is 47.1. The van der Waals surface area contributed by atoms with Crippen LogP contribution >= 0.6 is 58.8 Å². The number of unbranched alkanes of at least 4 members (excludes halogenated alkanes) is 1. The normalized spacial score (nSPS) is 12.3. The van der Waals surface area contributed by atoms with E-state index < -0.39 is 5.92 Å². The van der Waals surface area contributed by atoms with Gasteiger partial charge in [0.15, 0.2) is 5.78 Å². The van der Waals surface area contributed by atoms with Gasteiger partial charge >= 0.3 is 23.9 Å². The fourth-order valence-corrected chi connectivity index (χ4v) is 11.0. The molecule has 406 valence electrons. The second-order valence-corrected chi connectivity index (χ2v) is 22.3. The average Bonchev–Trinajstić information content (AvgIpc) is 3.37. The second kappa shape index (κ2) is 44.5. The van der Waals surface area contributed by atoms with Crippen LogP contribution in [0.4, 0.5) is 0 Å². The number of nitrogens with one attached hydrogen (secondary N) is 2. The largest absolute Gasteiger partial charge is 0.492 e. The molecule has 0 aromatic heterocycles. The summed E-state index contributed by atoms with van der Waals surface area (Å²) in [6, 6.07) is 5.08. The van der Waals surface area contributed by atoms with Gasteiger partial charge in [0, 0.05) is 134 Å². The number of ether oxygens (including phenoxy) is 7. The van der Waals surface area contributed by atoms with Crippen LogP contribution in [0.15, 0.2) is 18.2 Å². The van der Waals surface area contributed by atoms with Crippen LogP contribution in [0.3, 0.4) is 0 Å². The van der Waals surface area contributed by atoms with E-state index in [0.717, 1.165) is 31.0 Å². The summed E-state index contributed by atoms with van der Waals surface area (Å²) in [7, 11) is 0. The molecule has 0 aliphatic rings. The molecule has 0 heterocycles. The Morgan fingerprint density at radius 1 is 0.535 bits per heavy atom. The highest BCUT2D eigenvalue weighted by Crippen LogP contribution is 2.29. The predicted octanol–water partition coefficient (Wildman–Crippen LogP) is 8.09. The van der Waals surface area contributed by atoms with Crippen molar-refractivity contribution < 1.29 is 66.7 Å². The van der Waals surface area contributed by atoms with Gasteiger partial charge in [-0.2, -0.15) is 58.8 Å². The van der Waals surface area contributed by atoms with Gasteiger partial charge in [0.05, 0.1) is 0 Å². The molecule has 0 fully saturated rings. The summed E-state index contributed by atoms with van der Waals surface area (Å²) < 4.78 is 39.6. The van der Waals surface area contributed by atoms with Crippen molar-refractivity contribution in [2.24, 2.45) is 5.92 Å². The highest BCUT2D eigenvalue weighted by atomic mass is 32.2. The summed E-state index contributed by atoms with van der Waals surface area (Å²) in [5.74, 6) is 3.69. The number of esters is 4. The van der Waals surface area contributed by atoms with Crippen LogP contribution in [0.1, 0.15) is 116 Å². The predicted molar refractivity (Wildman–Crippen MR) is 291 cm³/mol. The first-order valence-corrected chi connectivity index (χ1v) is 30.5.